The first kappa shape index (κ1) is 20.3. The van der Waals surface area contributed by atoms with Crippen LogP contribution in [0.2, 0.25) is 0 Å². The maximum atomic E-state index is 14.2. The summed E-state index contributed by atoms with van der Waals surface area (Å²) >= 11 is 0. The van der Waals surface area contributed by atoms with E-state index in [9.17, 15) is 37.3 Å². The van der Waals surface area contributed by atoms with E-state index in [4.69, 9.17) is 4.74 Å². The summed E-state index contributed by atoms with van der Waals surface area (Å²) in [6, 6.07) is -0.182. The average Bonchev–Trinajstić information content (AvgIpc) is 3.01. The van der Waals surface area contributed by atoms with Gasteiger partial charge in [0, 0.05) is 11.7 Å². The number of hydrogen-bond donors (Lipinski definition) is 1. The van der Waals surface area contributed by atoms with Crippen molar-refractivity contribution in [3.8, 4) is 0 Å². The molecule has 0 saturated carbocycles. The number of halogens is 4. The van der Waals surface area contributed by atoms with Crippen LogP contribution in [0.4, 0.5) is 23.2 Å². The van der Waals surface area contributed by atoms with Crippen molar-refractivity contribution in [2.45, 2.75) is 32.7 Å². The lowest BCUT2D eigenvalue weighted by Gasteiger charge is -2.13. The maximum absolute atomic E-state index is 14.2. The number of Topliss-reactive ketones (excluding diaryl/α,β-unsaturated/α-hetero) is 1. The average molecular weight is 390 g/mol. The van der Waals surface area contributed by atoms with Crippen molar-refractivity contribution in [2.24, 2.45) is 0 Å². The van der Waals surface area contributed by atoms with E-state index < -0.39 is 56.8 Å². The monoisotopic (exact) mass is 390 g/mol. The number of nitrogens with zero attached hydrogens (tertiary/aromatic N) is 1. The fourth-order valence-electron chi connectivity index (χ4n) is 2.68. The van der Waals surface area contributed by atoms with Crippen molar-refractivity contribution in [1.29, 1.82) is 0 Å². The van der Waals surface area contributed by atoms with Gasteiger partial charge in [0.15, 0.2) is 11.6 Å². The molecule has 1 atom stereocenters. The quantitative estimate of drug-likeness (QED) is 0.0793. The second-order valence-electron chi connectivity index (χ2n) is 5.72. The zero-order chi connectivity index (χ0) is 20.5. The van der Waals surface area contributed by atoms with E-state index >= 15 is 0 Å². The standard InChI is InChI=1S/C16H14F4N2O5/c1-3-27-16(24)8(7-5-4-6(2)21-7)15(23)9-10(17)11(18)12(19)13(20)14(9)22(25)26/h6,21H,3-5H2,1-2H3/b8-7+/t6-/m1/s1. The summed E-state index contributed by atoms with van der Waals surface area (Å²) in [4.78, 5) is 34.4. The highest BCUT2D eigenvalue weighted by molar-refractivity contribution is 6.26. The molecule has 1 heterocycles. The lowest BCUT2D eigenvalue weighted by atomic mass is 9.98. The summed E-state index contributed by atoms with van der Waals surface area (Å²) in [5.41, 5.74) is -4.42. The fraction of sp³-hybridized carbons (Fsp3) is 0.375. The summed E-state index contributed by atoms with van der Waals surface area (Å²) in [5, 5.41) is 13.8. The molecule has 1 saturated heterocycles. The van der Waals surface area contributed by atoms with Crippen LogP contribution in [-0.4, -0.2) is 29.3 Å². The van der Waals surface area contributed by atoms with Crippen molar-refractivity contribution in [2.75, 3.05) is 6.61 Å². The minimum absolute atomic E-state index is 0.00945. The van der Waals surface area contributed by atoms with E-state index in [1.165, 1.54) is 6.92 Å². The highest BCUT2D eigenvalue weighted by Gasteiger charge is 2.40. The first-order valence-corrected chi connectivity index (χ1v) is 7.83. The van der Waals surface area contributed by atoms with E-state index in [0.717, 1.165) is 0 Å². The summed E-state index contributed by atoms with van der Waals surface area (Å²) in [6.07, 6.45) is 0.616. The Labute approximate surface area is 150 Å². The molecule has 1 aromatic carbocycles. The maximum Gasteiger partial charge on any atom is 0.343 e. The molecule has 2 rings (SSSR count). The summed E-state index contributed by atoms with van der Waals surface area (Å²) < 4.78 is 59.7. The molecule has 11 heteroatoms. The van der Waals surface area contributed by atoms with Crippen LogP contribution in [0.3, 0.4) is 0 Å². The lowest BCUT2D eigenvalue weighted by molar-refractivity contribution is -0.388. The van der Waals surface area contributed by atoms with Crippen LogP contribution < -0.4 is 5.32 Å². The van der Waals surface area contributed by atoms with Gasteiger partial charge in [-0.1, -0.05) is 0 Å². The Kier molecular flexibility index (Phi) is 5.82. The Morgan fingerprint density at radius 3 is 2.26 bits per heavy atom. The first-order valence-electron chi connectivity index (χ1n) is 7.83. The van der Waals surface area contributed by atoms with Gasteiger partial charge in [-0.25, -0.2) is 18.0 Å². The Morgan fingerprint density at radius 1 is 1.19 bits per heavy atom. The number of nitrogens with one attached hydrogen (secondary N) is 1. The molecule has 0 bridgehead atoms. The number of allylic oxidation sites excluding steroid dienone is 1. The number of ketones is 1. The lowest BCUT2D eigenvalue weighted by Crippen LogP contribution is -2.26. The predicted octanol–water partition coefficient (Wildman–Crippen LogP) is 2.92. The van der Waals surface area contributed by atoms with Crippen molar-refractivity contribution in [1.82, 2.24) is 5.32 Å². The van der Waals surface area contributed by atoms with Crippen molar-refractivity contribution < 1.29 is 36.8 Å². The molecular weight excluding hydrogens is 376 g/mol. The molecule has 0 amide bonds. The van der Waals surface area contributed by atoms with Crippen molar-refractivity contribution >= 4 is 17.4 Å². The van der Waals surface area contributed by atoms with Crippen molar-refractivity contribution in [3.05, 3.63) is 50.2 Å². The molecule has 0 aliphatic carbocycles. The molecule has 27 heavy (non-hydrogen) atoms. The van der Waals surface area contributed by atoms with Gasteiger partial charge in [-0.3, -0.25) is 14.9 Å². The number of rotatable bonds is 5. The fourth-order valence-corrected chi connectivity index (χ4v) is 2.68. The van der Waals surface area contributed by atoms with Crippen LogP contribution in [0.5, 0.6) is 0 Å². The minimum Gasteiger partial charge on any atom is -0.462 e. The van der Waals surface area contributed by atoms with E-state index in [2.05, 4.69) is 5.32 Å². The molecule has 1 aromatic rings. The second kappa shape index (κ2) is 7.72. The summed E-state index contributed by atoms with van der Waals surface area (Å²) in [6.45, 7) is 2.94. The zero-order valence-corrected chi connectivity index (χ0v) is 14.2. The van der Waals surface area contributed by atoms with E-state index in [1.807, 2.05) is 0 Å². The molecule has 0 aromatic heterocycles. The molecule has 1 aliphatic rings. The van der Waals surface area contributed by atoms with Crippen molar-refractivity contribution in [3.63, 3.8) is 0 Å². The molecular formula is C16H14F4N2O5. The largest absolute Gasteiger partial charge is 0.462 e. The highest BCUT2D eigenvalue weighted by Crippen LogP contribution is 2.33. The van der Waals surface area contributed by atoms with Crippen LogP contribution in [-0.2, 0) is 9.53 Å². The predicted molar refractivity (Wildman–Crippen MR) is 82.7 cm³/mol. The third kappa shape index (κ3) is 3.62. The number of nitro groups is 1. The first-order chi connectivity index (χ1) is 12.6. The van der Waals surface area contributed by atoms with Crippen LogP contribution >= 0.6 is 0 Å². The van der Waals surface area contributed by atoms with Gasteiger partial charge in [0.2, 0.25) is 17.4 Å². The Balaban J connectivity index is 2.77. The van der Waals surface area contributed by atoms with Gasteiger partial charge >= 0.3 is 11.7 Å². The number of nitro benzene ring substituents is 1. The number of carbonyl (C=O) groups is 2. The Bertz CT molecular complexity index is 869. The van der Waals surface area contributed by atoms with E-state index in [-0.39, 0.29) is 24.8 Å². The van der Waals surface area contributed by atoms with Gasteiger partial charge in [0.05, 0.1) is 11.5 Å². The summed E-state index contributed by atoms with van der Waals surface area (Å²) in [7, 11) is 0. The number of esters is 1. The summed E-state index contributed by atoms with van der Waals surface area (Å²) in [5.74, 6) is -12.4. The van der Waals surface area contributed by atoms with Crippen LogP contribution in [0.25, 0.3) is 0 Å². The molecule has 146 valence electrons. The number of benzene rings is 1. The highest BCUT2D eigenvalue weighted by atomic mass is 19.2. The van der Waals surface area contributed by atoms with Crippen LogP contribution in [0.1, 0.15) is 37.0 Å². The number of hydrogen-bond acceptors (Lipinski definition) is 6. The minimum atomic E-state index is -2.44. The molecule has 1 fully saturated rings. The van der Waals surface area contributed by atoms with Gasteiger partial charge in [-0.2, -0.15) is 4.39 Å². The molecule has 1 aliphatic heterocycles. The Morgan fingerprint density at radius 2 is 1.78 bits per heavy atom. The smallest absolute Gasteiger partial charge is 0.343 e. The van der Waals surface area contributed by atoms with Gasteiger partial charge in [0.25, 0.3) is 0 Å². The normalized spacial score (nSPS) is 18.1. The second-order valence-corrected chi connectivity index (χ2v) is 5.72. The van der Waals surface area contributed by atoms with Crippen LogP contribution in [0.15, 0.2) is 11.3 Å². The van der Waals surface area contributed by atoms with Gasteiger partial charge in [-0.15, -0.1) is 0 Å². The molecule has 7 nitrogen and oxygen atoms in total. The van der Waals surface area contributed by atoms with Gasteiger partial charge in [-0.05, 0) is 26.7 Å². The van der Waals surface area contributed by atoms with E-state index in [1.54, 1.807) is 6.92 Å². The number of carbonyl (C=O) groups excluding carboxylic acids is 2. The van der Waals surface area contributed by atoms with Gasteiger partial charge in [0.1, 0.15) is 11.1 Å². The topological polar surface area (TPSA) is 98.5 Å². The molecule has 0 radical (unpaired) electrons. The molecule has 0 spiro atoms. The molecule has 0 unspecified atom stereocenters. The third-order valence-corrected chi connectivity index (χ3v) is 3.91. The zero-order valence-electron chi connectivity index (χ0n) is 14.2. The van der Waals surface area contributed by atoms with Crippen LogP contribution in [0, 0.1) is 33.4 Å². The third-order valence-electron chi connectivity index (χ3n) is 3.91. The van der Waals surface area contributed by atoms with Gasteiger partial charge < -0.3 is 10.1 Å². The Hall–Kier alpha value is -2.98. The molecule has 1 N–H and O–H groups in total. The van der Waals surface area contributed by atoms with E-state index in [0.29, 0.717) is 6.42 Å². The number of ether oxygens (including phenoxy) is 1. The SMILES string of the molecule is CCOC(=O)/C(C(=O)c1c(F)c(F)c(F)c(F)c1[N+](=O)[O-])=C1\CC[C@@H](C)N1.